The van der Waals surface area contributed by atoms with Gasteiger partial charge in [0.05, 0.1) is 0 Å². The number of phenols is 2. The van der Waals surface area contributed by atoms with Gasteiger partial charge in [0.15, 0.2) is 0 Å². The standard InChI is InChI=1S/C18H20N2O4/c1-2-3-12-20(18(24)14-6-10-16(22)11-7-14)19-17(23)13-4-8-15(21)9-5-13/h4-11,21-22H,2-3,12H2,1H3,(H,19,23). The highest BCUT2D eigenvalue weighted by Crippen LogP contribution is 2.13. The highest BCUT2D eigenvalue weighted by molar-refractivity contribution is 5.99. The third-order valence-electron chi connectivity index (χ3n) is 3.46. The van der Waals surface area contributed by atoms with Gasteiger partial charge in [0.25, 0.3) is 11.8 Å². The number of hydrogen-bond donors (Lipinski definition) is 3. The van der Waals surface area contributed by atoms with E-state index in [1.54, 1.807) is 0 Å². The van der Waals surface area contributed by atoms with E-state index in [-0.39, 0.29) is 17.4 Å². The predicted octanol–water partition coefficient (Wildman–Crippen LogP) is 2.69. The summed E-state index contributed by atoms with van der Waals surface area (Å²) in [5.74, 6) is -0.650. The molecule has 0 heterocycles. The van der Waals surface area contributed by atoms with Crippen molar-refractivity contribution < 1.29 is 19.8 Å². The summed E-state index contributed by atoms with van der Waals surface area (Å²) < 4.78 is 0. The first-order chi connectivity index (χ1) is 11.5. The summed E-state index contributed by atoms with van der Waals surface area (Å²) in [6.07, 6.45) is 1.61. The molecule has 0 atom stereocenters. The van der Waals surface area contributed by atoms with E-state index in [2.05, 4.69) is 5.43 Å². The fraction of sp³-hybridized carbons (Fsp3) is 0.222. The van der Waals surface area contributed by atoms with Gasteiger partial charge in [-0.15, -0.1) is 0 Å². The van der Waals surface area contributed by atoms with Crippen molar-refractivity contribution in [2.45, 2.75) is 19.8 Å². The minimum atomic E-state index is -0.432. The number of nitrogens with zero attached hydrogens (tertiary/aromatic N) is 1. The number of carbonyl (C=O) groups excluding carboxylic acids is 2. The number of unbranched alkanes of at least 4 members (excludes halogenated alkanes) is 1. The zero-order chi connectivity index (χ0) is 17.5. The SMILES string of the molecule is CCCCN(NC(=O)c1ccc(O)cc1)C(=O)c1ccc(O)cc1. The summed E-state index contributed by atoms with van der Waals surface area (Å²) in [5, 5.41) is 19.9. The highest BCUT2D eigenvalue weighted by atomic mass is 16.3. The summed E-state index contributed by atoms with van der Waals surface area (Å²) in [5.41, 5.74) is 3.31. The van der Waals surface area contributed by atoms with Crippen molar-refractivity contribution in [3.8, 4) is 11.5 Å². The lowest BCUT2D eigenvalue weighted by Gasteiger charge is -2.23. The summed E-state index contributed by atoms with van der Waals surface area (Å²) in [7, 11) is 0. The average molecular weight is 328 g/mol. The Kier molecular flexibility index (Phi) is 5.78. The van der Waals surface area contributed by atoms with Gasteiger partial charge >= 0.3 is 0 Å². The molecule has 126 valence electrons. The lowest BCUT2D eigenvalue weighted by Crippen LogP contribution is -2.46. The molecule has 0 saturated carbocycles. The second-order valence-corrected chi connectivity index (χ2v) is 5.35. The lowest BCUT2D eigenvalue weighted by atomic mass is 10.2. The van der Waals surface area contributed by atoms with Crippen LogP contribution in [0.5, 0.6) is 11.5 Å². The number of rotatable bonds is 5. The molecule has 0 aromatic heterocycles. The van der Waals surface area contributed by atoms with Gasteiger partial charge in [-0.25, -0.2) is 5.01 Å². The van der Waals surface area contributed by atoms with E-state index < -0.39 is 5.91 Å². The maximum absolute atomic E-state index is 12.6. The van der Waals surface area contributed by atoms with Crippen LogP contribution in [0.1, 0.15) is 40.5 Å². The number of hydrazine groups is 1. The van der Waals surface area contributed by atoms with Crippen LogP contribution in [0.3, 0.4) is 0 Å². The molecule has 2 rings (SSSR count). The van der Waals surface area contributed by atoms with Gasteiger partial charge < -0.3 is 10.2 Å². The van der Waals surface area contributed by atoms with Crippen molar-refractivity contribution >= 4 is 11.8 Å². The van der Waals surface area contributed by atoms with Crippen LogP contribution in [-0.2, 0) is 0 Å². The third-order valence-corrected chi connectivity index (χ3v) is 3.46. The Morgan fingerprint density at radius 2 is 1.42 bits per heavy atom. The molecule has 3 N–H and O–H groups in total. The number of aromatic hydroxyl groups is 2. The van der Waals surface area contributed by atoms with Crippen molar-refractivity contribution in [3.63, 3.8) is 0 Å². The summed E-state index contributed by atoms with van der Waals surface area (Å²) in [6, 6.07) is 11.6. The minimum absolute atomic E-state index is 0.0644. The number of nitrogens with one attached hydrogen (secondary N) is 1. The molecule has 0 unspecified atom stereocenters. The minimum Gasteiger partial charge on any atom is -0.508 e. The monoisotopic (exact) mass is 328 g/mol. The van der Waals surface area contributed by atoms with Gasteiger partial charge in [0.1, 0.15) is 11.5 Å². The Balaban J connectivity index is 2.15. The van der Waals surface area contributed by atoms with Crippen LogP contribution in [0.2, 0.25) is 0 Å². The van der Waals surface area contributed by atoms with Crippen molar-refractivity contribution in [1.29, 1.82) is 0 Å². The van der Waals surface area contributed by atoms with E-state index in [0.29, 0.717) is 17.7 Å². The number of phenolic OH excluding ortho intramolecular Hbond substituents is 2. The van der Waals surface area contributed by atoms with Gasteiger partial charge in [-0.2, -0.15) is 0 Å². The quantitative estimate of drug-likeness (QED) is 0.736. The first kappa shape index (κ1) is 17.3. The van der Waals surface area contributed by atoms with E-state index in [4.69, 9.17) is 0 Å². The molecule has 0 aliphatic heterocycles. The van der Waals surface area contributed by atoms with Crippen molar-refractivity contribution in [1.82, 2.24) is 10.4 Å². The van der Waals surface area contributed by atoms with Crippen LogP contribution in [-0.4, -0.2) is 33.6 Å². The van der Waals surface area contributed by atoms with Gasteiger partial charge in [-0.3, -0.25) is 15.0 Å². The molecule has 2 aromatic carbocycles. The van der Waals surface area contributed by atoms with E-state index in [9.17, 15) is 19.8 Å². The van der Waals surface area contributed by atoms with Crippen LogP contribution in [0, 0.1) is 0 Å². The first-order valence-electron chi connectivity index (χ1n) is 7.72. The zero-order valence-electron chi connectivity index (χ0n) is 13.4. The summed E-state index contributed by atoms with van der Waals surface area (Å²) in [6.45, 7) is 2.37. The highest BCUT2D eigenvalue weighted by Gasteiger charge is 2.18. The first-order valence-corrected chi connectivity index (χ1v) is 7.72. The Bertz CT molecular complexity index is 696. The smallest absolute Gasteiger partial charge is 0.272 e. The van der Waals surface area contributed by atoms with Crippen LogP contribution in [0.15, 0.2) is 48.5 Å². The molecule has 0 bridgehead atoms. The van der Waals surface area contributed by atoms with Gasteiger partial charge in [-0.05, 0) is 55.0 Å². The normalized spacial score (nSPS) is 10.2. The number of benzene rings is 2. The molecule has 6 heteroatoms. The van der Waals surface area contributed by atoms with Crippen LogP contribution in [0.4, 0.5) is 0 Å². The fourth-order valence-corrected chi connectivity index (χ4v) is 2.08. The van der Waals surface area contributed by atoms with Crippen LogP contribution < -0.4 is 5.43 Å². The topological polar surface area (TPSA) is 89.9 Å². The second-order valence-electron chi connectivity index (χ2n) is 5.35. The molecular weight excluding hydrogens is 308 g/mol. The van der Waals surface area contributed by atoms with Gasteiger partial charge in [-0.1, -0.05) is 13.3 Å². The molecule has 24 heavy (non-hydrogen) atoms. The van der Waals surface area contributed by atoms with Crippen molar-refractivity contribution in [2.24, 2.45) is 0 Å². The molecule has 0 fully saturated rings. The van der Waals surface area contributed by atoms with Gasteiger partial charge in [0.2, 0.25) is 0 Å². The number of carbonyl (C=O) groups is 2. The molecule has 2 amide bonds. The number of hydrogen-bond acceptors (Lipinski definition) is 4. The second kappa shape index (κ2) is 8.01. The molecule has 0 spiro atoms. The molecule has 2 aromatic rings. The maximum atomic E-state index is 12.6. The van der Waals surface area contributed by atoms with Gasteiger partial charge in [0, 0.05) is 17.7 Å². The molecule has 0 radical (unpaired) electrons. The largest absolute Gasteiger partial charge is 0.508 e. The fourth-order valence-electron chi connectivity index (χ4n) is 2.08. The zero-order valence-corrected chi connectivity index (χ0v) is 13.4. The van der Waals surface area contributed by atoms with E-state index >= 15 is 0 Å². The lowest BCUT2D eigenvalue weighted by molar-refractivity contribution is 0.0580. The third kappa shape index (κ3) is 4.49. The molecular formula is C18H20N2O4. The van der Waals surface area contributed by atoms with Crippen LogP contribution >= 0.6 is 0 Å². The molecule has 6 nitrogen and oxygen atoms in total. The Labute approximate surface area is 140 Å². The Morgan fingerprint density at radius 1 is 0.917 bits per heavy atom. The maximum Gasteiger partial charge on any atom is 0.272 e. The molecule has 0 saturated heterocycles. The van der Waals surface area contributed by atoms with E-state index in [1.807, 2.05) is 6.92 Å². The predicted molar refractivity (Wildman–Crippen MR) is 89.6 cm³/mol. The Hall–Kier alpha value is -3.02. The molecule has 0 aliphatic rings. The van der Waals surface area contributed by atoms with Crippen molar-refractivity contribution in [3.05, 3.63) is 59.7 Å². The summed E-state index contributed by atoms with van der Waals surface area (Å²) >= 11 is 0. The summed E-state index contributed by atoms with van der Waals surface area (Å²) in [4.78, 5) is 24.9. The van der Waals surface area contributed by atoms with E-state index in [0.717, 1.165) is 12.8 Å². The number of amides is 2. The van der Waals surface area contributed by atoms with E-state index in [1.165, 1.54) is 53.5 Å². The van der Waals surface area contributed by atoms with Crippen LogP contribution in [0.25, 0.3) is 0 Å². The average Bonchev–Trinajstić information content (AvgIpc) is 2.59. The Morgan fingerprint density at radius 3 is 1.92 bits per heavy atom. The molecule has 0 aliphatic carbocycles. The van der Waals surface area contributed by atoms with Crippen molar-refractivity contribution in [2.75, 3.05) is 6.54 Å².